The standard InChI is InChI=1S/C45H36O19/c46-17-9-24(52)32-30(10-17)63-45(16-2-4-20(48)23(51)8-16)44(60)37(32)35-31(64-45)13-26(54)34-36(39(59)41(62-43(34)35)14-1-3-19(47)22(50)5-14)33-25(53)12-21(49)18-11-29(57)40(61-42(18)33)15-6-27(55)38(58)28(56)7-15/h1-10,12-13,29,36-37,39-41,44,46-60H,11H2. The Bertz CT molecular complexity index is 2950. The highest BCUT2D eigenvalue weighted by Gasteiger charge is 2.61. The van der Waals surface area contributed by atoms with Crippen LogP contribution in [0.25, 0.3) is 0 Å². The van der Waals surface area contributed by atoms with Crippen LogP contribution in [-0.4, -0.2) is 94.9 Å². The van der Waals surface area contributed by atoms with Gasteiger partial charge < -0.3 is 95.5 Å². The molecule has 0 fully saturated rings. The number of benzene rings is 6. The van der Waals surface area contributed by atoms with Gasteiger partial charge in [0, 0.05) is 69.6 Å². The van der Waals surface area contributed by atoms with E-state index in [1.165, 1.54) is 12.1 Å². The van der Waals surface area contributed by atoms with E-state index in [2.05, 4.69) is 0 Å². The van der Waals surface area contributed by atoms with Crippen molar-refractivity contribution in [3.63, 3.8) is 0 Å². The smallest absolute Gasteiger partial charge is 0.305 e. The van der Waals surface area contributed by atoms with E-state index in [-0.39, 0.29) is 73.9 Å². The van der Waals surface area contributed by atoms with E-state index in [0.717, 1.165) is 60.7 Å². The van der Waals surface area contributed by atoms with Crippen LogP contribution in [0.5, 0.6) is 92.0 Å². The van der Waals surface area contributed by atoms with Gasteiger partial charge in [-0.05, 0) is 48.0 Å². The van der Waals surface area contributed by atoms with Crippen molar-refractivity contribution in [2.24, 2.45) is 0 Å². The summed E-state index contributed by atoms with van der Waals surface area (Å²) in [7, 11) is 0. The van der Waals surface area contributed by atoms with Gasteiger partial charge in [0.05, 0.1) is 17.9 Å². The van der Waals surface area contributed by atoms with Gasteiger partial charge in [0.1, 0.15) is 64.0 Å². The molecule has 0 saturated heterocycles. The van der Waals surface area contributed by atoms with Gasteiger partial charge in [-0.15, -0.1) is 0 Å². The van der Waals surface area contributed by atoms with E-state index in [4.69, 9.17) is 18.9 Å². The summed E-state index contributed by atoms with van der Waals surface area (Å²) in [4.78, 5) is 0. The summed E-state index contributed by atoms with van der Waals surface area (Å²) in [6.07, 6.45) is -8.76. The number of aliphatic hydroxyl groups is 3. The molecule has 0 spiro atoms. The molecule has 8 unspecified atom stereocenters. The molecule has 15 N–H and O–H groups in total. The van der Waals surface area contributed by atoms with Crippen LogP contribution in [0, 0.1) is 0 Å². The summed E-state index contributed by atoms with van der Waals surface area (Å²) in [5.74, 6) is -14.5. The Morgan fingerprint density at radius 3 is 1.70 bits per heavy atom. The first-order valence-electron chi connectivity index (χ1n) is 19.5. The highest BCUT2D eigenvalue weighted by Crippen LogP contribution is 2.65. The Morgan fingerprint density at radius 2 is 1.03 bits per heavy atom. The predicted molar refractivity (Wildman–Crippen MR) is 214 cm³/mol. The number of hydrogen-bond donors (Lipinski definition) is 15. The number of hydrogen-bond acceptors (Lipinski definition) is 19. The summed E-state index contributed by atoms with van der Waals surface area (Å²) >= 11 is 0. The molecule has 4 aliphatic heterocycles. The number of aliphatic hydroxyl groups excluding tert-OH is 3. The average Bonchev–Trinajstić information content (AvgIpc) is 3.22. The Morgan fingerprint density at radius 1 is 0.453 bits per heavy atom. The molecule has 6 aromatic rings. The zero-order valence-electron chi connectivity index (χ0n) is 32.5. The van der Waals surface area contributed by atoms with Crippen molar-refractivity contribution in [2.45, 2.75) is 54.6 Å². The van der Waals surface area contributed by atoms with Crippen molar-refractivity contribution < 1.29 is 95.5 Å². The van der Waals surface area contributed by atoms with E-state index < -0.39 is 117 Å². The van der Waals surface area contributed by atoms with E-state index in [0.29, 0.717) is 0 Å². The fraction of sp³-hybridized carbons (Fsp3) is 0.200. The van der Waals surface area contributed by atoms with Gasteiger partial charge in [0.2, 0.25) is 0 Å². The number of rotatable bonds is 4. The van der Waals surface area contributed by atoms with Crippen molar-refractivity contribution in [1.29, 1.82) is 0 Å². The minimum Gasteiger partial charge on any atom is -0.508 e. The molecule has 6 aromatic carbocycles. The maximum absolute atomic E-state index is 12.5. The quantitative estimate of drug-likeness (QED) is 0.111. The normalized spacial score (nSPS) is 25.0. The van der Waals surface area contributed by atoms with Gasteiger partial charge in [-0.3, -0.25) is 0 Å². The number of fused-ring (bicyclic) bond motifs is 9. The molecule has 4 aliphatic rings. The summed E-state index contributed by atoms with van der Waals surface area (Å²) in [5, 5.41) is 166. The highest BCUT2D eigenvalue weighted by atomic mass is 16.7. The Hall–Kier alpha value is -8.00. The van der Waals surface area contributed by atoms with E-state index in [1.807, 2.05) is 0 Å². The molecule has 19 heteroatoms. The average molecular weight is 881 g/mol. The van der Waals surface area contributed by atoms with Crippen LogP contribution in [0.2, 0.25) is 0 Å². The zero-order chi connectivity index (χ0) is 45.4. The SMILES string of the molecule is Oc1cc(O)c2c(c1)OC1(c3ccc(O)c(O)c3)Oc3cc(O)c4c(c3C2C1O)OC(c1ccc(O)c(O)c1)C(O)C4c1c(O)cc(O)c2c1OC(c1cc(O)c(O)c(O)c1)C(O)C2. The highest BCUT2D eigenvalue weighted by molar-refractivity contribution is 5.72. The predicted octanol–water partition coefficient (Wildman–Crippen LogP) is 3.95. The maximum Gasteiger partial charge on any atom is 0.305 e. The van der Waals surface area contributed by atoms with Crippen molar-refractivity contribution in [1.82, 2.24) is 0 Å². The van der Waals surface area contributed by atoms with Crippen molar-refractivity contribution >= 4 is 0 Å². The third-order valence-corrected chi connectivity index (χ3v) is 12.3. The minimum absolute atomic E-state index is 0.0123. The third kappa shape index (κ3) is 5.64. The molecule has 64 heavy (non-hydrogen) atoms. The second-order valence-electron chi connectivity index (χ2n) is 16.0. The lowest BCUT2D eigenvalue weighted by Gasteiger charge is -2.51. The van der Waals surface area contributed by atoms with E-state index in [1.54, 1.807) is 0 Å². The fourth-order valence-electron chi connectivity index (χ4n) is 9.39. The minimum atomic E-state index is -2.33. The van der Waals surface area contributed by atoms with Crippen molar-refractivity contribution in [3.8, 4) is 92.0 Å². The fourth-order valence-corrected chi connectivity index (χ4v) is 9.39. The molecule has 2 bridgehead atoms. The lowest BCUT2D eigenvalue weighted by atomic mass is 9.71. The summed E-state index contributed by atoms with van der Waals surface area (Å²) in [6, 6.07) is 13.0. The van der Waals surface area contributed by atoms with Crippen LogP contribution in [0.3, 0.4) is 0 Å². The molecule has 19 nitrogen and oxygen atoms in total. The molecule has 0 amide bonds. The first-order valence-corrected chi connectivity index (χ1v) is 19.5. The Labute approximate surface area is 358 Å². The second kappa shape index (κ2) is 13.8. The molecule has 330 valence electrons. The molecule has 0 aliphatic carbocycles. The van der Waals surface area contributed by atoms with Crippen molar-refractivity contribution in [2.75, 3.05) is 0 Å². The van der Waals surface area contributed by atoms with Gasteiger partial charge in [0.15, 0.2) is 52.5 Å². The number of ether oxygens (including phenoxy) is 4. The van der Waals surface area contributed by atoms with Crippen LogP contribution in [0.4, 0.5) is 0 Å². The molecule has 4 heterocycles. The lowest BCUT2D eigenvalue weighted by molar-refractivity contribution is -0.219. The van der Waals surface area contributed by atoms with Gasteiger partial charge in [0.25, 0.3) is 0 Å². The largest absolute Gasteiger partial charge is 0.508 e. The number of phenols is 12. The Kier molecular flexibility index (Phi) is 8.61. The molecular weight excluding hydrogens is 844 g/mol. The second-order valence-corrected chi connectivity index (χ2v) is 16.0. The summed E-state index contributed by atoms with van der Waals surface area (Å²) < 4.78 is 25.6. The van der Waals surface area contributed by atoms with Crippen LogP contribution in [-0.2, 0) is 12.2 Å². The van der Waals surface area contributed by atoms with Gasteiger partial charge in [-0.1, -0.05) is 6.07 Å². The number of phenolic OH excluding ortho intramolecular Hbond substituents is 12. The monoisotopic (exact) mass is 880 g/mol. The molecule has 8 atom stereocenters. The van der Waals surface area contributed by atoms with Crippen LogP contribution < -0.4 is 18.9 Å². The molecule has 0 aromatic heterocycles. The molecule has 0 radical (unpaired) electrons. The van der Waals surface area contributed by atoms with E-state index in [9.17, 15) is 76.6 Å². The molecular formula is C45H36O19. The lowest BCUT2D eigenvalue weighted by Crippen LogP contribution is -2.57. The zero-order valence-corrected chi connectivity index (χ0v) is 32.5. The van der Waals surface area contributed by atoms with Crippen molar-refractivity contribution in [3.05, 3.63) is 117 Å². The first-order chi connectivity index (χ1) is 30.4. The molecule has 10 rings (SSSR count). The summed E-state index contributed by atoms with van der Waals surface area (Å²) in [6.45, 7) is 0. The van der Waals surface area contributed by atoms with Gasteiger partial charge in [-0.2, -0.15) is 0 Å². The van der Waals surface area contributed by atoms with Gasteiger partial charge in [-0.25, -0.2) is 0 Å². The first kappa shape index (κ1) is 40.1. The maximum atomic E-state index is 12.5. The molecule has 0 saturated carbocycles. The van der Waals surface area contributed by atoms with Crippen LogP contribution in [0.15, 0.2) is 72.8 Å². The van der Waals surface area contributed by atoms with Crippen LogP contribution >= 0.6 is 0 Å². The summed E-state index contributed by atoms with van der Waals surface area (Å²) in [5.41, 5.74) is -1.07. The third-order valence-electron chi connectivity index (χ3n) is 12.3. The van der Waals surface area contributed by atoms with Gasteiger partial charge >= 0.3 is 5.79 Å². The van der Waals surface area contributed by atoms with E-state index >= 15 is 0 Å². The van der Waals surface area contributed by atoms with Crippen LogP contribution in [0.1, 0.15) is 68.6 Å². The topological polar surface area (TPSA) is 340 Å². The number of aromatic hydroxyl groups is 12. The Balaban J connectivity index is 1.25.